The van der Waals surface area contributed by atoms with E-state index in [0.29, 0.717) is 11.0 Å². The van der Waals surface area contributed by atoms with Gasteiger partial charge in [-0.25, -0.2) is 9.37 Å². The van der Waals surface area contributed by atoms with Gasteiger partial charge in [-0.2, -0.15) is 5.26 Å². The van der Waals surface area contributed by atoms with E-state index < -0.39 is 5.82 Å². The molecule has 0 aliphatic heterocycles. The number of nitriles is 1. The summed E-state index contributed by atoms with van der Waals surface area (Å²) in [6.45, 7) is 1.78. The summed E-state index contributed by atoms with van der Waals surface area (Å²) in [5.41, 5.74) is 1.73. The fourth-order valence-electron chi connectivity index (χ4n) is 1.21. The summed E-state index contributed by atoms with van der Waals surface area (Å²) in [4.78, 5) is 8.15. The van der Waals surface area contributed by atoms with Gasteiger partial charge in [-0.3, -0.25) is 4.98 Å². The molecule has 68 valence electrons. The maximum Gasteiger partial charge on any atom is 0.143 e. The highest BCUT2D eigenvalue weighted by molar-refractivity contribution is 5.75. The third-order valence-electron chi connectivity index (χ3n) is 1.87. The Morgan fingerprint density at radius 1 is 1.36 bits per heavy atom. The zero-order valence-corrected chi connectivity index (χ0v) is 7.45. The van der Waals surface area contributed by atoms with Gasteiger partial charge < -0.3 is 0 Å². The molecule has 4 heteroatoms. The van der Waals surface area contributed by atoms with Gasteiger partial charge in [0, 0.05) is 12.3 Å². The summed E-state index contributed by atoms with van der Waals surface area (Å²) in [5, 5.41) is 8.59. The Hall–Kier alpha value is -2.02. The van der Waals surface area contributed by atoms with Crippen LogP contribution >= 0.6 is 0 Å². The third kappa shape index (κ3) is 1.29. The van der Waals surface area contributed by atoms with Crippen LogP contribution < -0.4 is 0 Å². The highest BCUT2D eigenvalue weighted by Gasteiger charge is 2.05. The molecule has 3 nitrogen and oxygen atoms in total. The Balaban J connectivity index is 2.81. The van der Waals surface area contributed by atoms with Crippen LogP contribution in [0.5, 0.6) is 0 Å². The minimum Gasteiger partial charge on any atom is -0.253 e. The van der Waals surface area contributed by atoms with Crippen molar-refractivity contribution in [1.82, 2.24) is 9.97 Å². The average molecular weight is 187 g/mol. The Morgan fingerprint density at radius 2 is 2.14 bits per heavy atom. The first kappa shape index (κ1) is 8.57. The van der Waals surface area contributed by atoms with E-state index in [1.807, 2.05) is 0 Å². The zero-order valence-electron chi connectivity index (χ0n) is 7.45. The predicted octanol–water partition coefficient (Wildman–Crippen LogP) is 1.95. The molecule has 1 heterocycles. The summed E-state index contributed by atoms with van der Waals surface area (Å²) in [6.07, 6.45) is 1.58. The van der Waals surface area contributed by atoms with E-state index in [4.69, 9.17) is 5.26 Å². The van der Waals surface area contributed by atoms with Gasteiger partial charge in [0.1, 0.15) is 11.9 Å². The van der Waals surface area contributed by atoms with E-state index in [2.05, 4.69) is 9.97 Å². The monoisotopic (exact) mass is 187 g/mol. The van der Waals surface area contributed by atoms with Gasteiger partial charge >= 0.3 is 0 Å². The van der Waals surface area contributed by atoms with E-state index in [-0.39, 0.29) is 5.56 Å². The number of halogens is 1. The van der Waals surface area contributed by atoms with Crippen LogP contribution in [0.15, 0.2) is 18.3 Å². The Morgan fingerprint density at radius 3 is 2.86 bits per heavy atom. The Bertz CT molecular complexity index is 543. The van der Waals surface area contributed by atoms with E-state index in [9.17, 15) is 4.39 Å². The molecule has 0 aliphatic rings. The average Bonchev–Trinajstić information content (AvgIpc) is 2.16. The van der Waals surface area contributed by atoms with Crippen molar-refractivity contribution in [3.63, 3.8) is 0 Å². The van der Waals surface area contributed by atoms with Crippen LogP contribution in [0, 0.1) is 24.1 Å². The summed E-state index contributed by atoms with van der Waals surface area (Å²) in [6, 6.07) is 4.39. The molecule has 0 aliphatic carbocycles. The number of aromatic nitrogens is 2. The second kappa shape index (κ2) is 3.04. The first-order valence-corrected chi connectivity index (χ1v) is 4.03. The minimum atomic E-state index is -0.556. The molecule has 0 unspecified atom stereocenters. The lowest BCUT2D eigenvalue weighted by atomic mass is 10.2. The van der Waals surface area contributed by atoms with Crippen LogP contribution in [-0.4, -0.2) is 9.97 Å². The molecule has 0 bridgehead atoms. The number of hydrogen-bond donors (Lipinski definition) is 0. The topological polar surface area (TPSA) is 49.6 Å². The highest BCUT2D eigenvalue weighted by Crippen LogP contribution is 2.15. The number of hydrogen-bond acceptors (Lipinski definition) is 3. The first-order chi connectivity index (χ1) is 6.70. The molecule has 2 aromatic rings. The van der Waals surface area contributed by atoms with E-state index >= 15 is 0 Å². The summed E-state index contributed by atoms with van der Waals surface area (Å²) in [5.74, 6) is -0.556. The van der Waals surface area contributed by atoms with Gasteiger partial charge in [0.15, 0.2) is 0 Å². The fraction of sp³-hybridized carbons (Fsp3) is 0.100. The standard InChI is InChI=1S/C10H6FN3/c1-6-5-13-9-2-7(4-12)8(11)3-10(9)14-6/h2-3,5H,1H3. The molecule has 1 aromatic carbocycles. The normalized spacial score (nSPS) is 10.1. The number of fused-ring (bicyclic) bond motifs is 1. The van der Waals surface area contributed by atoms with Crippen molar-refractivity contribution in [2.45, 2.75) is 6.92 Å². The highest BCUT2D eigenvalue weighted by atomic mass is 19.1. The SMILES string of the molecule is Cc1cnc2cc(C#N)c(F)cc2n1. The van der Waals surface area contributed by atoms with Crippen molar-refractivity contribution in [1.29, 1.82) is 5.26 Å². The van der Waals surface area contributed by atoms with Crippen LogP contribution in [0.25, 0.3) is 11.0 Å². The van der Waals surface area contributed by atoms with Gasteiger partial charge in [-0.05, 0) is 13.0 Å². The molecular weight excluding hydrogens is 181 g/mol. The molecule has 0 spiro atoms. The lowest BCUT2D eigenvalue weighted by Crippen LogP contribution is -1.91. The first-order valence-electron chi connectivity index (χ1n) is 4.03. The maximum atomic E-state index is 13.2. The van der Waals surface area contributed by atoms with E-state index in [1.54, 1.807) is 19.2 Å². The van der Waals surface area contributed by atoms with Crippen molar-refractivity contribution in [3.8, 4) is 6.07 Å². The fourth-order valence-corrected chi connectivity index (χ4v) is 1.21. The van der Waals surface area contributed by atoms with Crippen LogP contribution in [0.4, 0.5) is 4.39 Å². The number of benzene rings is 1. The van der Waals surface area contributed by atoms with Gasteiger partial charge in [-0.15, -0.1) is 0 Å². The smallest absolute Gasteiger partial charge is 0.143 e. The van der Waals surface area contributed by atoms with Crippen LogP contribution in [-0.2, 0) is 0 Å². The predicted molar refractivity (Wildman–Crippen MR) is 48.9 cm³/mol. The molecule has 0 N–H and O–H groups in total. The lowest BCUT2D eigenvalue weighted by Gasteiger charge is -1.99. The number of nitrogens with zero attached hydrogens (tertiary/aromatic N) is 3. The molecule has 0 amide bonds. The lowest BCUT2D eigenvalue weighted by molar-refractivity contribution is 0.625. The molecule has 0 saturated carbocycles. The molecule has 1 aromatic heterocycles. The van der Waals surface area contributed by atoms with Gasteiger partial charge in [0.2, 0.25) is 0 Å². The molecule has 0 fully saturated rings. The zero-order chi connectivity index (χ0) is 10.1. The molecule has 2 rings (SSSR count). The second-order valence-electron chi connectivity index (χ2n) is 2.94. The quantitative estimate of drug-likeness (QED) is 0.633. The molecule has 0 saturated heterocycles. The largest absolute Gasteiger partial charge is 0.253 e. The van der Waals surface area contributed by atoms with Crippen LogP contribution in [0.3, 0.4) is 0 Å². The molecule has 14 heavy (non-hydrogen) atoms. The van der Waals surface area contributed by atoms with Crippen molar-refractivity contribution >= 4 is 11.0 Å². The maximum absolute atomic E-state index is 13.2. The van der Waals surface area contributed by atoms with Crippen molar-refractivity contribution in [2.75, 3.05) is 0 Å². The molecular formula is C10H6FN3. The summed E-state index contributed by atoms with van der Waals surface area (Å²) >= 11 is 0. The van der Waals surface area contributed by atoms with Gasteiger partial charge in [-0.1, -0.05) is 0 Å². The van der Waals surface area contributed by atoms with Crippen molar-refractivity contribution in [3.05, 3.63) is 35.4 Å². The number of aryl methyl sites for hydroxylation is 1. The number of rotatable bonds is 0. The van der Waals surface area contributed by atoms with Crippen molar-refractivity contribution in [2.24, 2.45) is 0 Å². The Labute approximate surface area is 79.8 Å². The second-order valence-corrected chi connectivity index (χ2v) is 2.94. The minimum absolute atomic E-state index is 0.00402. The van der Waals surface area contributed by atoms with Gasteiger partial charge in [0.05, 0.1) is 22.3 Å². The van der Waals surface area contributed by atoms with E-state index in [0.717, 1.165) is 5.69 Å². The van der Waals surface area contributed by atoms with Gasteiger partial charge in [0.25, 0.3) is 0 Å². The Kier molecular flexibility index (Phi) is 1.86. The van der Waals surface area contributed by atoms with Crippen LogP contribution in [0.2, 0.25) is 0 Å². The van der Waals surface area contributed by atoms with Crippen LogP contribution in [0.1, 0.15) is 11.3 Å². The van der Waals surface area contributed by atoms with Crippen molar-refractivity contribution < 1.29 is 4.39 Å². The van der Waals surface area contributed by atoms with E-state index in [1.165, 1.54) is 12.1 Å². The third-order valence-corrected chi connectivity index (χ3v) is 1.87. The summed E-state index contributed by atoms with van der Waals surface area (Å²) in [7, 11) is 0. The molecule has 0 radical (unpaired) electrons. The summed E-state index contributed by atoms with van der Waals surface area (Å²) < 4.78 is 13.2. The molecule has 0 atom stereocenters.